The van der Waals surface area contributed by atoms with Crippen molar-refractivity contribution >= 4 is 46.3 Å². The molecule has 24 heavy (non-hydrogen) atoms. The summed E-state index contributed by atoms with van der Waals surface area (Å²) in [5.74, 6) is 1.01. The second-order valence-electron chi connectivity index (χ2n) is 4.67. The van der Waals surface area contributed by atoms with Crippen LogP contribution in [-0.4, -0.2) is 25.8 Å². The highest BCUT2D eigenvalue weighted by Crippen LogP contribution is 2.33. The van der Waals surface area contributed by atoms with Crippen molar-refractivity contribution in [2.75, 3.05) is 13.7 Å². The maximum absolute atomic E-state index is 12.0. The van der Waals surface area contributed by atoms with Crippen LogP contribution in [0.15, 0.2) is 41.5 Å². The van der Waals surface area contributed by atoms with Gasteiger partial charge in [0.2, 0.25) is 0 Å². The van der Waals surface area contributed by atoms with Crippen molar-refractivity contribution in [2.45, 2.75) is 6.92 Å². The first-order chi connectivity index (χ1) is 11.5. The molecule has 0 aliphatic rings. The summed E-state index contributed by atoms with van der Waals surface area (Å²) in [5, 5.41) is 4.55. The lowest BCUT2D eigenvalue weighted by Crippen LogP contribution is -2.17. The molecule has 0 aliphatic carbocycles. The molecule has 0 atom stereocenters. The minimum atomic E-state index is -0.310. The molecule has 0 radical (unpaired) electrons. The second-order valence-corrected chi connectivity index (χ2v) is 6.27. The minimum Gasteiger partial charge on any atom is -0.493 e. The lowest BCUT2D eigenvalue weighted by atomic mass is 10.2. The molecule has 1 N–H and O–H groups in total. The topological polar surface area (TPSA) is 59.9 Å². The molecule has 2 aromatic rings. The third kappa shape index (κ3) is 4.85. The van der Waals surface area contributed by atoms with Gasteiger partial charge in [-0.3, -0.25) is 4.79 Å². The van der Waals surface area contributed by atoms with E-state index in [1.165, 1.54) is 0 Å². The zero-order chi connectivity index (χ0) is 17.5. The summed E-state index contributed by atoms with van der Waals surface area (Å²) in [6, 6.07) is 10.3. The fourth-order valence-electron chi connectivity index (χ4n) is 1.93. The van der Waals surface area contributed by atoms with Crippen LogP contribution >= 0.6 is 34.2 Å². The number of nitrogens with zero attached hydrogens (tertiary/aromatic N) is 1. The summed E-state index contributed by atoms with van der Waals surface area (Å²) in [5.41, 5.74) is 3.75. The lowest BCUT2D eigenvalue weighted by Gasteiger charge is -2.12. The van der Waals surface area contributed by atoms with Gasteiger partial charge in [0.05, 0.1) is 23.5 Å². The van der Waals surface area contributed by atoms with Gasteiger partial charge in [0.1, 0.15) is 0 Å². The summed E-state index contributed by atoms with van der Waals surface area (Å²) in [4.78, 5) is 12.0. The number of amides is 1. The van der Waals surface area contributed by atoms with E-state index < -0.39 is 0 Å². The fraction of sp³-hybridized carbons (Fsp3) is 0.176. The van der Waals surface area contributed by atoms with Crippen molar-refractivity contribution in [3.8, 4) is 11.5 Å². The van der Waals surface area contributed by atoms with Crippen molar-refractivity contribution in [3.05, 3.63) is 56.1 Å². The van der Waals surface area contributed by atoms with Gasteiger partial charge >= 0.3 is 0 Å². The molecule has 0 bridgehead atoms. The molecule has 7 heteroatoms. The van der Waals surface area contributed by atoms with Gasteiger partial charge in [-0.1, -0.05) is 11.6 Å². The first kappa shape index (κ1) is 18.5. The van der Waals surface area contributed by atoms with E-state index in [1.54, 1.807) is 43.7 Å². The Labute approximate surface area is 159 Å². The van der Waals surface area contributed by atoms with Crippen LogP contribution in [0.2, 0.25) is 5.02 Å². The zero-order valence-electron chi connectivity index (χ0n) is 13.2. The van der Waals surface area contributed by atoms with Gasteiger partial charge in [-0.2, -0.15) is 5.10 Å². The smallest absolute Gasteiger partial charge is 0.271 e. The van der Waals surface area contributed by atoms with Crippen molar-refractivity contribution < 1.29 is 14.3 Å². The molecular formula is C17H16ClIN2O3. The lowest BCUT2D eigenvalue weighted by molar-refractivity contribution is 0.0955. The maximum atomic E-state index is 12.0. The molecule has 2 aromatic carbocycles. The largest absolute Gasteiger partial charge is 0.493 e. The van der Waals surface area contributed by atoms with E-state index in [0.29, 0.717) is 28.7 Å². The highest BCUT2D eigenvalue weighted by molar-refractivity contribution is 14.1. The molecule has 0 unspecified atom stereocenters. The van der Waals surface area contributed by atoms with Crippen molar-refractivity contribution in [3.63, 3.8) is 0 Å². The predicted molar refractivity (Wildman–Crippen MR) is 103 cm³/mol. The Morgan fingerprint density at radius 2 is 2.04 bits per heavy atom. The normalized spacial score (nSPS) is 10.7. The molecule has 0 saturated carbocycles. The SMILES string of the molecule is CCOc1c(I)cc(/C=N\NC(=O)c2ccc(Cl)cc2)cc1OC. The Bertz CT molecular complexity index is 748. The summed E-state index contributed by atoms with van der Waals surface area (Å²) < 4.78 is 11.8. The predicted octanol–water partition coefficient (Wildman–Crippen LogP) is 4.12. The first-order valence-electron chi connectivity index (χ1n) is 7.14. The van der Waals surface area contributed by atoms with E-state index in [-0.39, 0.29) is 5.91 Å². The Morgan fingerprint density at radius 3 is 2.67 bits per heavy atom. The van der Waals surface area contributed by atoms with E-state index in [0.717, 1.165) is 9.13 Å². The van der Waals surface area contributed by atoms with Crippen LogP contribution < -0.4 is 14.9 Å². The summed E-state index contributed by atoms with van der Waals surface area (Å²) in [6.45, 7) is 2.47. The van der Waals surface area contributed by atoms with E-state index >= 15 is 0 Å². The summed E-state index contributed by atoms with van der Waals surface area (Å²) in [7, 11) is 1.58. The Hall–Kier alpha value is -1.80. The van der Waals surface area contributed by atoms with Gasteiger partial charge in [-0.25, -0.2) is 5.43 Å². The first-order valence-corrected chi connectivity index (χ1v) is 8.60. The zero-order valence-corrected chi connectivity index (χ0v) is 16.1. The molecule has 0 saturated heterocycles. The Kier molecular flexibility index (Phi) is 6.86. The number of ether oxygens (including phenoxy) is 2. The number of rotatable bonds is 6. The molecule has 0 aromatic heterocycles. The van der Waals surface area contributed by atoms with Crippen LogP contribution in [-0.2, 0) is 0 Å². The van der Waals surface area contributed by atoms with Crippen molar-refractivity contribution in [1.29, 1.82) is 0 Å². The van der Waals surface area contributed by atoms with Crippen LogP contribution in [0, 0.1) is 3.57 Å². The van der Waals surface area contributed by atoms with Crippen LogP contribution in [0.25, 0.3) is 0 Å². The van der Waals surface area contributed by atoms with Gasteiger partial charge in [-0.15, -0.1) is 0 Å². The summed E-state index contributed by atoms with van der Waals surface area (Å²) in [6.07, 6.45) is 1.55. The number of benzene rings is 2. The molecule has 0 aliphatic heterocycles. The Morgan fingerprint density at radius 1 is 1.33 bits per heavy atom. The van der Waals surface area contributed by atoms with E-state index in [9.17, 15) is 4.79 Å². The number of nitrogens with one attached hydrogen (secondary N) is 1. The number of hydrazone groups is 1. The van der Waals surface area contributed by atoms with Crippen molar-refractivity contribution in [1.82, 2.24) is 5.43 Å². The molecule has 5 nitrogen and oxygen atoms in total. The van der Waals surface area contributed by atoms with Crippen LogP contribution in [0.5, 0.6) is 11.5 Å². The highest BCUT2D eigenvalue weighted by Gasteiger charge is 2.10. The number of hydrogen-bond donors (Lipinski definition) is 1. The monoisotopic (exact) mass is 458 g/mol. The van der Waals surface area contributed by atoms with Crippen LogP contribution in [0.3, 0.4) is 0 Å². The number of carbonyl (C=O) groups excluding carboxylic acids is 1. The van der Waals surface area contributed by atoms with Gasteiger partial charge in [-0.05, 0) is 71.5 Å². The third-order valence-corrected chi connectivity index (χ3v) is 4.08. The Balaban J connectivity index is 2.10. The quantitative estimate of drug-likeness (QED) is 0.402. The molecule has 0 fully saturated rings. The second kappa shape index (κ2) is 8.89. The van der Waals surface area contributed by atoms with Crippen LogP contribution in [0.4, 0.5) is 0 Å². The van der Waals surface area contributed by atoms with Gasteiger partial charge in [0.15, 0.2) is 11.5 Å². The standard InChI is InChI=1S/C17H16ClIN2O3/c1-3-24-16-14(19)8-11(9-15(16)23-2)10-20-21-17(22)12-4-6-13(18)7-5-12/h4-10H,3H2,1-2H3,(H,21,22)/b20-10-. The maximum Gasteiger partial charge on any atom is 0.271 e. The minimum absolute atomic E-state index is 0.310. The van der Waals surface area contributed by atoms with Crippen LogP contribution in [0.1, 0.15) is 22.8 Å². The molecular weight excluding hydrogens is 443 g/mol. The number of halogens is 2. The number of methoxy groups -OCH3 is 1. The average molecular weight is 459 g/mol. The highest BCUT2D eigenvalue weighted by atomic mass is 127. The molecule has 126 valence electrons. The molecule has 1 amide bonds. The average Bonchev–Trinajstić information content (AvgIpc) is 2.57. The van der Waals surface area contributed by atoms with Gasteiger partial charge in [0, 0.05) is 10.6 Å². The molecule has 2 rings (SSSR count). The third-order valence-electron chi connectivity index (χ3n) is 3.03. The fourth-order valence-corrected chi connectivity index (χ4v) is 2.84. The molecule has 0 spiro atoms. The van der Waals surface area contributed by atoms with Crippen molar-refractivity contribution in [2.24, 2.45) is 5.10 Å². The van der Waals surface area contributed by atoms with E-state index in [2.05, 4.69) is 33.1 Å². The van der Waals surface area contributed by atoms with E-state index in [4.69, 9.17) is 21.1 Å². The number of carbonyl (C=O) groups is 1. The van der Waals surface area contributed by atoms with Gasteiger partial charge < -0.3 is 9.47 Å². The molecule has 0 heterocycles. The summed E-state index contributed by atoms with van der Waals surface area (Å²) >= 11 is 7.96. The van der Waals surface area contributed by atoms with Gasteiger partial charge in [0.25, 0.3) is 5.91 Å². The van der Waals surface area contributed by atoms with E-state index in [1.807, 2.05) is 13.0 Å². The number of hydrogen-bond acceptors (Lipinski definition) is 4.